The van der Waals surface area contributed by atoms with Gasteiger partial charge in [-0.05, 0) is 31.9 Å². The third-order valence-corrected chi connectivity index (χ3v) is 3.80. The maximum atomic E-state index is 10.3. The third-order valence-electron chi connectivity index (χ3n) is 2.66. The van der Waals surface area contributed by atoms with Crippen LogP contribution in [-0.2, 0) is 4.79 Å². The number of rotatable bonds is 3. The molecule has 0 bridgehead atoms. The van der Waals surface area contributed by atoms with Crippen molar-refractivity contribution in [1.82, 2.24) is 0 Å². The molecule has 1 aliphatic carbocycles. The lowest BCUT2D eigenvalue weighted by atomic mass is 9.83. The predicted molar refractivity (Wildman–Crippen MR) is 51.4 cm³/mol. The first-order chi connectivity index (χ1) is 5.70. The van der Waals surface area contributed by atoms with Gasteiger partial charge in [-0.3, -0.25) is 0 Å². The average Bonchev–Trinajstić information content (AvgIpc) is 2.06. The van der Waals surface area contributed by atoms with E-state index in [4.69, 9.17) is 0 Å². The Morgan fingerprint density at radius 3 is 2.58 bits per heavy atom. The second-order valence-electron chi connectivity index (χ2n) is 3.53. The van der Waals surface area contributed by atoms with Crippen molar-refractivity contribution in [1.29, 1.82) is 0 Å². The summed E-state index contributed by atoms with van der Waals surface area (Å²) >= 11 is 1.87. The summed E-state index contributed by atoms with van der Waals surface area (Å²) in [7, 11) is 0. The van der Waals surface area contributed by atoms with Crippen LogP contribution in [0.15, 0.2) is 0 Å². The molecule has 70 valence electrons. The normalized spacial score (nSPS) is 36.3. The van der Waals surface area contributed by atoms with Crippen LogP contribution in [-0.4, -0.2) is 28.5 Å². The minimum absolute atomic E-state index is 0.314. The summed E-state index contributed by atoms with van der Waals surface area (Å²) in [6, 6.07) is 0. The van der Waals surface area contributed by atoms with Crippen molar-refractivity contribution in [3.05, 3.63) is 0 Å². The van der Waals surface area contributed by atoms with E-state index < -0.39 is 5.60 Å². The number of aliphatic hydroxyl groups is 1. The summed E-state index contributed by atoms with van der Waals surface area (Å²) < 4.78 is 0. The molecular formula is C9H16O2S. The Hall–Kier alpha value is -0.0200. The zero-order valence-corrected chi connectivity index (χ0v) is 8.27. The van der Waals surface area contributed by atoms with Crippen molar-refractivity contribution < 1.29 is 9.90 Å². The monoisotopic (exact) mass is 188 g/mol. The number of aldehydes is 1. The Morgan fingerprint density at radius 2 is 2.17 bits per heavy atom. The molecule has 1 N–H and O–H groups in total. The summed E-state index contributed by atoms with van der Waals surface area (Å²) in [6.45, 7) is 0. The van der Waals surface area contributed by atoms with Crippen LogP contribution >= 0.6 is 11.8 Å². The van der Waals surface area contributed by atoms with Gasteiger partial charge in [-0.2, -0.15) is 11.8 Å². The zero-order chi connectivity index (χ0) is 9.03. The first-order valence-corrected chi connectivity index (χ1v) is 5.68. The summed E-state index contributed by atoms with van der Waals surface area (Å²) in [5.74, 6) is 0. The van der Waals surface area contributed by atoms with Crippen molar-refractivity contribution in [2.45, 2.75) is 43.0 Å². The molecule has 0 aliphatic heterocycles. The predicted octanol–water partition coefficient (Wildman–Crippen LogP) is 1.61. The van der Waals surface area contributed by atoms with E-state index in [0.29, 0.717) is 11.7 Å². The van der Waals surface area contributed by atoms with Gasteiger partial charge in [0.2, 0.25) is 0 Å². The molecule has 0 aromatic carbocycles. The second kappa shape index (κ2) is 4.28. The molecule has 0 atom stereocenters. The van der Waals surface area contributed by atoms with Gasteiger partial charge in [0.15, 0.2) is 0 Å². The van der Waals surface area contributed by atoms with E-state index in [1.807, 2.05) is 11.8 Å². The fourth-order valence-electron chi connectivity index (χ4n) is 1.72. The Labute approximate surface area is 77.7 Å². The van der Waals surface area contributed by atoms with Gasteiger partial charge in [0, 0.05) is 11.7 Å². The summed E-state index contributed by atoms with van der Waals surface area (Å²) in [4.78, 5) is 10.3. The fraction of sp³-hybridized carbons (Fsp3) is 0.889. The number of thioether (sulfide) groups is 1. The fourth-order valence-corrected chi connectivity index (χ4v) is 2.43. The van der Waals surface area contributed by atoms with Crippen LogP contribution in [0.3, 0.4) is 0 Å². The average molecular weight is 188 g/mol. The molecule has 0 amide bonds. The molecule has 1 saturated carbocycles. The molecule has 0 aromatic heterocycles. The van der Waals surface area contributed by atoms with E-state index in [1.165, 1.54) is 0 Å². The first kappa shape index (κ1) is 10.1. The van der Waals surface area contributed by atoms with Crippen LogP contribution in [0.2, 0.25) is 0 Å². The summed E-state index contributed by atoms with van der Waals surface area (Å²) in [6.07, 6.45) is 6.92. The van der Waals surface area contributed by atoms with Gasteiger partial charge in [0.25, 0.3) is 0 Å². The Bertz CT molecular complexity index is 151. The molecule has 12 heavy (non-hydrogen) atoms. The van der Waals surface area contributed by atoms with Crippen molar-refractivity contribution in [3.8, 4) is 0 Å². The minimum Gasteiger partial charge on any atom is -0.389 e. The van der Waals surface area contributed by atoms with Gasteiger partial charge in [-0.15, -0.1) is 0 Å². The Kier molecular flexibility index (Phi) is 3.59. The van der Waals surface area contributed by atoms with Gasteiger partial charge in [-0.1, -0.05) is 0 Å². The van der Waals surface area contributed by atoms with E-state index in [9.17, 15) is 9.90 Å². The van der Waals surface area contributed by atoms with Crippen LogP contribution in [0, 0.1) is 0 Å². The van der Waals surface area contributed by atoms with E-state index in [-0.39, 0.29) is 0 Å². The van der Waals surface area contributed by atoms with E-state index in [1.54, 1.807) is 0 Å². The highest BCUT2D eigenvalue weighted by atomic mass is 32.2. The molecule has 0 heterocycles. The second-order valence-corrected chi connectivity index (χ2v) is 4.67. The molecule has 3 heteroatoms. The molecular weight excluding hydrogens is 172 g/mol. The molecule has 0 unspecified atom stereocenters. The number of hydrogen-bond donors (Lipinski definition) is 1. The standard InChI is InChI=1S/C9H16O2S/c1-12-8-2-4-9(11,5-3-8)6-7-10/h7-8,11H,2-6H2,1H3/t8-,9+. The van der Waals surface area contributed by atoms with Crippen LogP contribution in [0.4, 0.5) is 0 Å². The molecule has 1 rings (SSSR count). The zero-order valence-electron chi connectivity index (χ0n) is 7.45. The molecule has 0 aromatic rings. The highest BCUT2D eigenvalue weighted by Gasteiger charge is 2.32. The molecule has 0 spiro atoms. The molecule has 2 nitrogen and oxygen atoms in total. The lowest BCUT2D eigenvalue weighted by Gasteiger charge is -2.34. The van der Waals surface area contributed by atoms with Crippen LogP contribution in [0.5, 0.6) is 0 Å². The number of carbonyl (C=O) groups excluding carboxylic acids is 1. The van der Waals surface area contributed by atoms with Crippen molar-refractivity contribution in [2.24, 2.45) is 0 Å². The number of hydrogen-bond acceptors (Lipinski definition) is 3. The van der Waals surface area contributed by atoms with Gasteiger partial charge >= 0.3 is 0 Å². The quantitative estimate of drug-likeness (QED) is 0.684. The molecule has 1 aliphatic rings. The van der Waals surface area contributed by atoms with Crippen LogP contribution in [0.1, 0.15) is 32.1 Å². The third kappa shape index (κ3) is 2.49. The topological polar surface area (TPSA) is 37.3 Å². The summed E-state index contributed by atoms with van der Waals surface area (Å²) in [5.41, 5.74) is -0.673. The molecule has 0 saturated heterocycles. The highest BCUT2D eigenvalue weighted by Crippen LogP contribution is 2.34. The maximum Gasteiger partial charge on any atom is 0.122 e. The van der Waals surface area contributed by atoms with Gasteiger partial charge in [0.05, 0.1) is 5.60 Å². The van der Waals surface area contributed by atoms with E-state index in [0.717, 1.165) is 32.0 Å². The van der Waals surface area contributed by atoms with Crippen LogP contribution < -0.4 is 0 Å². The van der Waals surface area contributed by atoms with Crippen molar-refractivity contribution in [3.63, 3.8) is 0 Å². The van der Waals surface area contributed by atoms with Gasteiger partial charge in [-0.25, -0.2) is 0 Å². The largest absolute Gasteiger partial charge is 0.389 e. The van der Waals surface area contributed by atoms with E-state index >= 15 is 0 Å². The van der Waals surface area contributed by atoms with Gasteiger partial charge < -0.3 is 9.90 Å². The van der Waals surface area contributed by atoms with Crippen molar-refractivity contribution in [2.75, 3.05) is 6.26 Å². The SMILES string of the molecule is CS[C@H]1CC[C@](O)(CC=O)CC1. The van der Waals surface area contributed by atoms with Gasteiger partial charge in [0.1, 0.15) is 6.29 Å². The molecule has 0 radical (unpaired) electrons. The van der Waals surface area contributed by atoms with E-state index in [2.05, 4.69) is 6.26 Å². The lowest BCUT2D eigenvalue weighted by molar-refractivity contribution is -0.113. The lowest BCUT2D eigenvalue weighted by Crippen LogP contribution is -2.35. The highest BCUT2D eigenvalue weighted by molar-refractivity contribution is 7.99. The minimum atomic E-state index is -0.673. The van der Waals surface area contributed by atoms with Crippen molar-refractivity contribution >= 4 is 18.0 Å². The molecule has 1 fully saturated rings. The Balaban J connectivity index is 2.38. The van der Waals surface area contributed by atoms with Crippen LogP contribution in [0.25, 0.3) is 0 Å². The maximum absolute atomic E-state index is 10.3. The summed E-state index contributed by atoms with van der Waals surface area (Å²) in [5, 5.41) is 10.5. The first-order valence-electron chi connectivity index (χ1n) is 4.39. The number of carbonyl (C=O) groups is 1. The smallest absolute Gasteiger partial charge is 0.122 e. The Morgan fingerprint density at radius 1 is 1.58 bits per heavy atom.